The van der Waals surface area contributed by atoms with Gasteiger partial charge in [-0.2, -0.15) is 0 Å². The number of hydrogen-bond acceptors (Lipinski definition) is 3. The van der Waals surface area contributed by atoms with Crippen molar-refractivity contribution in [1.29, 1.82) is 0 Å². The molecule has 0 aliphatic carbocycles. The highest BCUT2D eigenvalue weighted by Gasteiger charge is 2.22. The van der Waals surface area contributed by atoms with Gasteiger partial charge in [0.15, 0.2) is 0 Å². The van der Waals surface area contributed by atoms with Crippen LogP contribution in [0.5, 0.6) is 0 Å². The van der Waals surface area contributed by atoms with Gasteiger partial charge in [0.1, 0.15) is 5.82 Å². The number of para-hydroxylation sites is 1. The van der Waals surface area contributed by atoms with E-state index in [4.69, 9.17) is 0 Å². The molecule has 1 aliphatic rings. The Kier molecular flexibility index (Phi) is 6.27. The van der Waals surface area contributed by atoms with Crippen molar-refractivity contribution in [2.45, 2.75) is 13.0 Å². The van der Waals surface area contributed by atoms with Crippen LogP contribution in [0, 0.1) is 5.82 Å². The average molecular weight is 420 g/mol. The summed E-state index contributed by atoms with van der Waals surface area (Å²) >= 11 is 3.20. The van der Waals surface area contributed by atoms with Gasteiger partial charge in [-0.15, -0.1) is 0 Å². The van der Waals surface area contributed by atoms with Crippen LogP contribution in [-0.2, 0) is 0 Å². The summed E-state index contributed by atoms with van der Waals surface area (Å²) in [6.45, 7) is 6.40. The summed E-state index contributed by atoms with van der Waals surface area (Å²) in [4.78, 5) is 16.9. The van der Waals surface area contributed by atoms with Crippen LogP contribution in [0.1, 0.15) is 17.3 Å². The molecule has 1 heterocycles. The molecule has 1 unspecified atom stereocenters. The summed E-state index contributed by atoms with van der Waals surface area (Å²) in [6, 6.07) is 15.1. The Morgan fingerprint density at radius 2 is 1.85 bits per heavy atom. The lowest BCUT2D eigenvalue weighted by molar-refractivity contribution is 0.0930. The molecule has 0 saturated carbocycles. The molecule has 0 radical (unpaired) electrons. The van der Waals surface area contributed by atoms with E-state index in [9.17, 15) is 9.18 Å². The van der Waals surface area contributed by atoms with Crippen molar-refractivity contribution in [2.24, 2.45) is 0 Å². The zero-order chi connectivity index (χ0) is 18.5. The van der Waals surface area contributed by atoms with E-state index >= 15 is 0 Å². The monoisotopic (exact) mass is 419 g/mol. The zero-order valence-electron chi connectivity index (χ0n) is 14.8. The zero-order valence-corrected chi connectivity index (χ0v) is 16.4. The smallest absolute Gasteiger partial charge is 0.254 e. The maximum absolute atomic E-state index is 13.9. The second-order valence-corrected chi connectivity index (χ2v) is 7.46. The number of amides is 1. The fraction of sp³-hybridized carbons (Fsp3) is 0.350. The molecule has 1 aliphatic heterocycles. The standard InChI is InChI=1S/C20H23BrFN3O/c1-15(14-23-20(26)18-8-7-16(21)13-19(18)22)24-9-11-25(12-10-24)17-5-3-2-4-6-17/h2-8,13,15H,9-12,14H2,1H3,(H,23,26). The van der Waals surface area contributed by atoms with Crippen LogP contribution in [0.15, 0.2) is 53.0 Å². The van der Waals surface area contributed by atoms with Crippen LogP contribution in [0.2, 0.25) is 0 Å². The number of anilines is 1. The molecule has 2 aromatic rings. The van der Waals surface area contributed by atoms with Crippen molar-refractivity contribution < 1.29 is 9.18 Å². The highest BCUT2D eigenvalue weighted by molar-refractivity contribution is 9.10. The van der Waals surface area contributed by atoms with E-state index in [0.717, 1.165) is 26.2 Å². The van der Waals surface area contributed by atoms with Gasteiger partial charge in [0.25, 0.3) is 5.91 Å². The number of benzene rings is 2. The Morgan fingerprint density at radius 3 is 2.50 bits per heavy atom. The molecule has 0 spiro atoms. The van der Waals surface area contributed by atoms with Gasteiger partial charge < -0.3 is 10.2 Å². The number of piperazine rings is 1. The summed E-state index contributed by atoms with van der Waals surface area (Å²) in [5.74, 6) is -0.884. The molecule has 1 saturated heterocycles. The van der Waals surface area contributed by atoms with Gasteiger partial charge >= 0.3 is 0 Å². The predicted octanol–water partition coefficient (Wildman–Crippen LogP) is 3.53. The first-order valence-corrected chi connectivity index (χ1v) is 9.61. The van der Waals surface area contributed by atoms with Gasteiger partial charge in [-0.3, -0.25) is 9.69 Å². The minimum atomic E-state index is -0.513. The van der Waals surface area contributed by atoms with Crippen molar-refractivity contribution in [3.05, 3.63) is 64.4 Å². The van der Waals surface area contributed by atoms with Crippen molar-refractivity contribution in [1.82, 2.24) is 10.2 Å². The van der Waals surface area contributed by atoms with Crippen LogP contribution in [-0.4, -0.2) is 49.6 Å². The van der Waals surface area contributed by atoms with Crippen LogP contribution in [0.25, 0.3) is 0 Å². The molecule has 1 amide bonds. The quantitative estimate of drug-likeness (QED) is 0.804. The lowest BCUT2D eigenvalue weighted by Gasteiger charge is -2.39. The molecule has 138 valence electrons. The average Bonchev–Trinajstić information content (AvgIpc) is 2.66. The largest absolute Gasteiger partial charge is 0.369 e. The minimum Gasteiger partial charge on any atom is -0.369 e. The Labute approximate surface area is 162 Å². The molecule has 26 heavy (non-hydrogen) atoms. The fourth-order valence-corrected chi connectivity index (χ4v) is 3.53. The van der Waals surface area contributed by atoms with Gasteiger partial charge in [0.05, 0.1) is 5.56 Å². The SMILES string of the molecule is CC(CNC(=O)c1ccc(Br)cc1F)N1CCN(c2ccccc2)CC1. The van der Waals surface area contributed by atoms with E-state index in [2.05, 4.69) is 62.2 Å². The second-order valence-electron chi connectivity index (χ2n) is 6.54. The number of carbonyl (C=O) groups excluding carboxylic acids is 1. The summed E-state index contributed by atoms with van der Waals surface area (Å²) in [6.07, 6.45) is 0. The lowest BCUT2D eigenvalue weighted by Crippen LogP contribution is -2.52. The first-order valence-electron chi connectivity index (χ1n) is 8.82. The van der Waals surface area contributed by atoms with E-state index in [1.165, 1.54) is 17.8 Å². The van der Waals surface area contributed by atoms with Gasteiger partial charge in [-0.05, 0) is 37.3 Å². The molecule has 4 nitrogen and oxygen atoms in total. The molecule has 6 heteroatoms. The summed E-state index contributed by atoms with van der Waals surface area (Å²) in [5.41, 5.74) is 1.33. The number of rotatable bonds is 5. The number of nitrogens with one attached hydrogen (secondary N) is 1. The van der Waals surface area contributed by atoms with E-state index in [-0.39, 0.29) is 17.5 Å². The summed E-state index contributed by atoms with van der Waals surface area (Å²) in [7, 11) is 0. The van der Waals surface area contributed by atoms with Gasteiger partial charge in [0.2, 0.25) is 0 Å². The van der Waals surface area contributed by atoms with E-state index in [0.29, 0.717) is 11.0 Å². The maximum Gasteiger partial charge on any atom is 0.254 e. The van der Waals surface area contributed by atoms with Gasteiger partial charge in [-0.1, -0.05) is 34.1 Å². The molecular weight excluding hydrogens is 397 g/mol. The van der Waals surface area contributed by atoms with E-state index in [1.807, 2.05) is 6.07 Å². The molecule has 3 rings (SSSR count). The second kappa shape index (κ2) is 8.64. The van der Waals surface area contributed by atoms with E-state index < -0.39 is 5.82 Å². The first kappa shape index (κ1) is 18.9. The predicted molar refractivity (Wildman–Crippen MR) is 106 cm³/mol. The molecule has 0 aromatic heterocycles. The van der Waals surface area contributed by atoms with Gasteiger partial charge in [0, 0.05) is 48.9 Å². The first-order chi connectivity index (χ1) is 12.5. The molecule has 1 N–H and O–H groups in total. The van der Waals surface area contributed by atoms with Crippen molar-refractivity contribution in [3.8, 4) is 0 Å². The molecule has 1 fully saturated rings. The van der Waals surface area contributed by atoms with Crippen molar-refractivity contribution in [2.75, 3.05) is 37.6 Å². The van der Waals surface area contributed by atoms with Crippen LogP contribution < -0.4 is 10.2 Å². The number of carbonyl (C=O) groups is 1. The third-order valence-electron chi connectivity index (χ3n) is 4.79. The summed E-state index contributed by atoms with van der Waals surface area (Å²) < 4.78 is 14.5. The lowest BCUT2D eigenvalue weighted by atomic mass is 10.1. The topological polar surface area (TPSA) is 35.6 Å². The highest BCUT2D eigenvalue weighted by Crippen LogP contribution is 2.17. The number of nitrogens with zero attached hydrogens (tertiary/aromatic N) is 2. The number of hydrogen-bond donors (Lipinski definition) is 1. The third-order valence-corrected chi connectivity index (χ3v) is 5.29. The molecule has 2 aromatic carbocycles. The molecule has 0 bridgehead atoms. The van der Waals surface area contributed by atoms with Crippen LogP contribution >= 0.6 is 15.9 Å². The Bertz CT molecular complexity index is 748. The van der Waals surface area contributed by atoms with Crippen LogP contribution in [0.4, 0.5) is 10.1 Å². The van der Waals surface area contributed by atoms with Crippen molar-refractivity contribution in [3.63, 3.8) is 0 Å². The number of halogens is 2. The van der Waals surface area contributed by atoms with E-state index in [1.54, 1.807) is 6.07 Å². The summed E-state index contributed by atoms with van der Waals surface area (Å²) in [5, 5.41) is 2.85. The fourth-order valence-electron chi connectivity index (χ4n) is 3.20. The Morgan fingerprint density at radius 1 is 1.15 bits per heavy atom. The Hall–Kier alpha value is -1.92. The van der Waals surface area contributed by atoms with Crippen molar-refractivity contribution >= 4 is 27.5 Å². The van der Waals surface area contributed by atoms with Crippen LogP contribution in [0.3, 0.4) is 0 Å². The maximum atomic E-state index is 13.9. The highest BCUT2D eigenvalue weighted by atomic mass is 79.9. The third kappa shape index (κ3) is 4.62. The minimum absolute atomic E-state index is 0.0781. The molecular formula is C20H23BrFN3O. The molecule has 1 atom stereocenters. The Balaban J connectivity index is 1.48. The van der Waals surface area contributed by atoms with Gasteiger partial charge in [-0.25, -0.2) is 4.39 Å². The normalized spacial score (nSPS) is 16.3.